The summed E-state index contributed by atoms with van der Waals surface area (Å²) in [6.45, 7) is 2.37. The third-order valence-electron chi connectivity index (χ3n) is 4.20. The van der Waals surface area contributed by atoms with Crippen molar-refractivity contribution >= 4 is 11.6 Å². The van der Waals surface area contributed by atoms with Crippen LogP contribution in [0.4, 0.5) is 5.69 Å². The Labute approximate surface area is 150 Å². The lowest BCUT2D eigenvalue weighted by atomic mass is 10.1. The second-order valence-electron chi connectivity index (χ2n) is 6.03. The predicted molar refractivity (Wildman–Crippen MR) is 96.1 cm³/mol. The summed E-state index contributed by atoms with van der Waals surface area (Å²) >= 11 is 0. The Morgan fingerprint density at radius 2 is 2.15 bits per heavy atom. The molecule has 1 amide bonds. The van der Waals surface area contributed by atoms with Crippen molar-refractivity contribution in [2.75, 3.05) is 18.6 Å². The first kappa shape index (κ1) is 16.1. The molecule has 0 N–H and O–H groups in total. The Kier molecular flexibility index (Phi) is 4.04. The van der Waals surface area contributed by atoms with Crippen molar-refractivity contribution in [1.82, 2.24) is 14.8 Å². The van der Waals surface area contributed by atoms with Gasteiger partial charge in [-0.15, -0.1) is 0 Å². The van der Waals surface area contributed by atoms with E-state index in [1.54, 1.807) is 41.2 Å². The normalized spacial score (nSPS) is 15.9. The van der Waals surface area contributed by atoms with E-state index < -0.39 is 0 Å². The average molecular weight is 350 g/mol. The summed E-state index contributed by atoms with van der Waals surface area (Å²) in [5, 5.41) is 4.20. The third-order valence-corrected chi connectivity index (χ3v) is 4.20. The summed E-state index contributed by atoms with van der Waals surface area (Å²) in [5.74, 6) is 1.13. The van der Waals surface area contributed by atoms with Crippen LogP contribution in [0.2, 0.25) is 0 Å². The van der Waals surface area contributed by atoms with E-state index in [0.29, 0.717) is 29.4 Å². The molecule has 0 bridgehead atoms. The molecule has 0 radical (unpaired) electrons. The minimum absolute atomic E-state index is 0.117. The first-order valence-electron chi connectivity index (χ1n) is 8.28. The maximum atomic E-state index is 13.2. The van der Waals surface area contributed by atoms with Crippen molar-refractivity contribution in [2.45, 2.75) is 13.0 Å². The highest BCUT2D eigenvalue weighted by Crippen LogP contribution is 2.37. The lowest BCUT2D eigenvalue weighted by Crippen LogP contribution is -2.42. The van der Waals surface area contributed by atoms with Crippen molar-refractivity contribution in [1.29, 1.82) is 0 Å². The minimum Gasteiger partial charge on any atom is -0.497 e. The van der Waals surface area contributed by atoms with Gasteiger partial charge in [-0.25, -0.2) is 4.68 Å². The average Bonchev–Trinajstić information content (AvgIpc) is 3.21. The van der Waals surface area contributed by atoms with Gasteiger partial charge in [-0.2, -0.15) is 5.10 Å². The van der Waals surface area contributed by atoms with Crippen LogP contribution >= 0.6 is 0 Å². The molecule has 7 heteroatoms. The van der Waals surface area contributed by atoms with Crippen LogP contribution in [0.5, 0.6) is 11.5 Å². The van der Waals surface area contributed by atoms with E-state index in [-0.39, 0.29) is 12.0 Å². The molecule has 4 rings (SSSR count). The van der Waals surface area contributed by atoms with Crippen LogP contribution in [0.3, 0.4) is 0 Å². The number of rotatable bonds is 3. The van der Waals surface area contributed by atoms with Gasteiger partial charge in [0.25, 0.3) is 5.91 Å². The molecule has 1 unspecified atom stereocenters. The molecule has 7 nitrogen and oxygen atoms in total. The van der Waals surface area contributed by atoms with Crippen LogP contribution in [0.15, 0.2) is 55.0 Å². The molecule has 0 spiro atoms. The van der Waals surface area contributed by atoms with Gasteiger partial charge >= 0.3 is 0 Å². The number of methoxy groups -OCH3 is 1. The first-order valence-corrected chi connectivity index (χ1v) is 8.28. The van der Waals surface area contributed by atoms with Crippen LogP contribution in [-0.2, 0) is 0 Å². The Hall–Kier alpha value is -3.35. The summed E-state index contributed by atoms with van der Waals surface area (Å²) in [4.78, 5) is 19.1. The lowest BCUT2D eigenvalue weighted by Gasteiger charge is -2.33. The molecule has 1 aliphatic heterocycles. The largest absolute Gasteiger partial charge is 0.497 e. The summed E-state index contributed by atoms with van der Waals surface area (Å²) in [5.41, 5.74) is 1.81. The fourth-order valence-electron chi connectivity index (χ4n) is 2.98. The second-order valence-corrected chi connectivity index (χ2v) is 6.03. The molecule has 26 heavy (non-hydrogen) atoms. The lowest BCUT2D eigenvalue weighted by molar-refractivity contribution is 0.0956. The molecule has 3 heterocycles. The highest BCUT2D eigenvalue weighted by atomic mass is 16.5. The first-order chi connectivity index (χ1) is 12.7. The number of nitrogens with zero attached hydrogens (tertiary/aromatic N) is 4. The number of carbonyl (C=O) groups is 1. The van der Waals surface area contributed by atoms with Gasteiger partial charge in [0, 0.05) is 24.7 Å². The monoisotopic (exact) mass is 350 g/mol. The zero-order valence-corrected chi connectivity index (χ0v) is 14.5. The maximum absolute atomic E-state index is 13.2. The van der Waals surface area contributed by atoms with Gasteiger partial charge in [0.1, 0.15) is 23.3 Å². The van der Waals surface area contributed by atoms with E-state index in [2.05, 4.69) is 10.1 Å². The van der Waals surface area contributed by atoms with Gasteiger partial charge in [0.2, 0.25) is 0 Å². The second kappa shape index (κ2) is 6.51. The van der Waals surface area contributed by atoms with Crippen molar-refractivity contribution in [3.63, 3.8) is 0 Å². The SMILES string of the molecule is COc1ccc2c(c1)N(C(=O)c1cc(-n3cccn3)ccn1)CC(C)O2. The fourth-order valence-corrected chi connectivity index (χ4v) is 2.98. The summed E-state index contributed by atoms with van der Waals surface area (Å²) in [7, 11) is 1.59. The number of amides is 1. The maximum Gasteiger partial charge on any atom is 0.277 e. The Bertz CT molecular complexity index is 940. The predicted octanol–water partition coefficient (Wildman–Crippen LogP) is 2.70. The van der Waals surface area contributed by atoms with Crippen molar-refractivity contribution in [2.24, 2.45) is 0 Å². The van der Waals surface area contributed by atoms with E-state index in [0.717, 1.165) is 5.69 Å². The van der Waals surface area contributed by atoms with E-state index in [1.165, 1.54) is 0 Å². The molecule has 132 valence electrons. The number of carbonyl (C=O) groups excluding carboxylic acids is 1. The van der Waals surface area contributed by atoms with Gasteiger partial charge in [-0.3, -0.25) is 14.7 Å². The smallest absolute Gasteiger partial charge is 0.277 e. The number of aromatic nitrogens is 3. The molecule has 1 atom stereocenters. The highest BCUT2D eigenvalue weighted by Gasteiger charge is 2.29. The zero-order chi connectivity index (χ0) is 18.1. The van der Waals surface area contributed by atoms with E-state index >= 15 is 0 Å². The molecule has 0 saturated heterocycles. The number of pyridine rings is 1. The van der Waals surface area contributed by atoms with Crippen LogP contribution in [0, 0.1) is 0 Å². The van der Waals surface area contributed by atoms with Crippen molar-refractivity contribution < 1.29 is 14.3 Å². The molecule has 0 fully saturated rings. The van der Waals surface area contributed by atoms with Crippen LogP contribution in [0.25, 0.3) is 5.69 Å². The highest BCUT2D eigenvalue weighted by molar-refractivity contribution is 6.06. The Morgan fingerprint density at radius 3 is 2.92 bits per heavy atom. The van der Waals surface area contributed by atoms with E-state index in [9.17, 15) is 4.79 Å². The van der Waals surface area contributed by atoms with Gasteiger partial charge in [-0.1, -0.05) is 0 Å². The number of anilines is 1. The standard InChI is InChI=1S/C19H18N4O3/c1-13-12-22(17-11-15(25-2)4-5-18(17)26-13)19(24)16-10-14(6-8-20-16)23-9-3-7-21-23/h3-11,13H,12H2,1-2H3. The third kappa shape index (κ3) is 2.88. The molecule has 0 aliphatic carbocycles. The molecule has 1 aliphatic rings. The van der Waals surface area contributed by atoms with Gasteiger partial charge in [0.05, 0.1) is 25.0 Å². The molecule has 2 aromatic heterocycles. The van der Waals surface area contributed by atoms with Crippen molar-refractivity contribution in [3.8, 4) is 17.2 Å². The van der Waals surface area contributed by atoms with E-state index in [4.69, 9.17) is 9.47 Å². The van der Waals surface area contributed by atoms with Gasteiger partial charge < -0.3 is 9.47 Å². The van der Waals surface area contributed by atoms with Crippen LogP contribution < -0.4 is 14.4 Å². The number of benzene rings is 1. The molecule has 1 aromatic carbocycles. The topological polar surface area (TPSA) is 69.5 Å². The Morgan fingerprint density at radius 1 is 1.27 bits per heavy atom. The summed E-state index contributed by atoms with van der Waals surface area (Å²) < 4.78 is 12.8. The molecular formula is C19H18N4O3. The zero-order valence-electron chi connectivity index (χ0n) is 14.5. The fraction of sp³-hybridized carbons (Fsp3) is 0.211. The quantitative estimate of drug-likeness (QED) is 0.726. The summed E-state index contributed by atoms with van der Waals surface area (Å²) in [6.07, 6.45) is 5.00. The van der Waals surface area contributed by atoms with E-state index in [1.807, 2.05) is 37.4 Å². The number of fused-ring (bicyclic) bond motifs is 1. The minimum atomic E-state index is -0.191. The molecular weight excluding hydrogens is 332 g/mol. The van der Waals surface area contributed by atoms with Gasteiger partial charge in [-0.05, 0) is 37.3 Å². The number of hydrogen-bond donors (Lipinski definition) is 0. The van der Waals surface area contributed by atoms with Crippen LogP contribution in [-0.4, -0.2) is 40.4 Å². The summed E-state index contributed by atoms with van der Waals surface area (Å²) in [6, 6.07) is 10.8. The van der Waals surface area contributed by atoms with Gasteiger partial charge in [0.15, 0.2) is 0 Å². The number of ether oxygens (including phenoxy) is 2. The number of hydrogen-bond acceptors (Lipinski definition) is 5. The van der Waals surface area contributed by atoms with Crippen LogP contribution in [0.1, 0.15) is 17.4 Å². The molecule has 3 aromatic rings. The Balaban J connectivity index is 1.72. The van der Waals surface area contributed by atoms with Crippen molar-refractivity contribution in [3.05, 3.63) is 60.7 Å². The molecule has 0 saturated carbocycles.